The first-order valence-electron chi connectivity index (χ1n) is 12.4. The minimum absolute atomic E-state index is 0.175. The third kappa shape index (κ3) is 7.00. The minimum Gasteiger partial charge on any atom is -0.392 e. The van der Waals surface area contributed by atoms with Crippen molar-refractivity contribution in [2.24, 2.45) is 0 Å². The van der Waals surface area contributed by atoms with Crippen molar-refractivity contribution in [1.82, 2.24) is 14.9 Å². The summed E-state index contributed by atoms with van der Waals surface area (Å²) in [4.78, 5) is 13.6. The third-order valence-electron chi connectivity index (χ3n) is 6.21. The number of sulfonamides is 1. The molecule has 0 bridgehead atoms. The van der Waals surface area contributed by atoms with Crippen LogP contribution >= 0.6 is 11.8 Å². The molecule has 9 heteroatoms. The lowest BCUT2D eigenvalue weighted by Crippen LogP contribution is -2.46. The highest BCUT2D eigenvalue weighted by molar-refractivity contribution is 8.02. The first kappa shape index (κ1) is 27.3. The summed E-state index contributed by atoms with van der Waals surface area (Å²) >= 11 is 1.34. The van der Waals surface area contributed by atoms with Crippen LogP contribution in [0.5, 0.6) is 0 Å². The number of carbonyl (C=O) groups is 1. The molecule has 7 nitrogen and oxygen atoms in total. The van der Waals surface area contributed by atoms with Crippen molar-refractivity contribution in [3.63, 3.8) is 0 Å². The number of hydrogen-bond donors (Lipinski definition) is 3. The van der Waals surface area contributed by atoms with Gasteiger partial charge in [0.1, 0.15) is 5.37 Å². The van der Waals surface area contributed by atoms with Gasteiger partial charge in [-0.2, -0.15) is 4.31 Å². The number of benzene rings is 3. The summed E-state index contributed by atoms with van der Waals surface area (Å²) in [6, 6.07) is 25.9. The molecule has 1 aliphatic heterocycles. The summed E-state index contributed by atoms with van der Waals surface area (Å²) in [7, 11) is -3.85. The number of thioether (sulfide) groups is 1. The molecule has 196 valence electrons. The van der Waals surface area contributed by atoms with Gasteiger partial charge in [0.2, 0.25) is 15.9 Å². The second kappa shape index (κ2) is 12.7. The molecule has 1 heterocycles. The van der Waals surface area contributed by atoms with Gasteiger partial charge in [-0.25, -0.2) is 8.42 Å². The molecule has 3 N–H and O–H groups in total. The first-order valence-corrected chi connectivity index (χ1v) is 14.9. The van der Waals surface area contributed by atoms with E-state index in [0.29, 0.717) is 25.3 Å². The van der Waals surface area contributed by atoms with E-state index in [2.05, 4.69) is 10.6 Å². The van der Waals surface area contributed by atoms with Gasteiger partial charge in [-0.3, -0.25) is 4.79 Å². The van der Waals surface area contributed by atoms with Crippen LogP contribution in [-0.4, -0.2) is 60.6 Å². The number of amides is 1. The van der Waals surface area contributed by atoms with Crippen LogP contribution in [-0.2, 0) is 14.8 Å². The molecule has 0 spiro atoms. The fourth-order valence-corrected chi connectivity index (χ4v) is 7.39. The highest BCUT2D eigenvalue weighted by Gasteiger charge is 2.40. The SMILES string of the molecule is C[C@H](O)CNCCC(NC(=O)C1SCCN1S(=O)(=O)c1ccc(-c2ccccc2)cc1)c1ccccc1. The molecule has 0 saturated carbocycles. The predicted octanol–water partition coefficient (Wildman–Crippen LogP) is 3.64. The van der Waals surface area contributed by atoms with Gasteiger partial charge in [-0.05, 0) is 48.7 Å². The summed E-state index contributed by atoms with van der Waals surface area (Å²) in [5.41, 5.74) is 2.89. The monoisotopic (exact) mass is 539 g/mol. The molecular weight excluding hydrogens is 506 g/mol. The van der Waals surface area contributed by atoms with E-state index in [1.54, 1.807) is 31.2 Å². The van der Waals surface area contributed by atoms with Crippen molar-refractivity contribution < 1.29 is 18.3 Å². The lowest BCUT2D eigenvalue weighted by atomic mass is 10.0. The van der Waals surface area contributed by atoms with Crippen LogP contribution < -0.4 is 10.6 Å². The zero-order chi connectivity index (χ0) is 26.3. The molecule has 1 saturated heterocycles. The van der Waals surface area contributed by atoms with Gasteiger partial charge in [-0.15, -0.1) is 11.8 Å². The number of aliphatic hydroxyl groups excluding tert-OH is 1. The number of nitrogens with one attached hydrogen (secondary N) is 2. The Morgan fingerprint density at radius 2 is 1.62 bits per heavy atom. The summed E-state index contributed by atoms with van der Waals surface area (Å²) in [5, 5.41) is 14.9. The molecule has 0 aromatic heterocycles. The summed E-state index contributed by atoms with van der Waals surface area (Å²) in [6.45, 7) is 3.05. The van der Waals surface area contributed by atoms with Crippen molar-refractivity contribution in [3.05, 3.63) is 90.5 Å². The van der Waals surface area contributed by atoms with Gasteiger partial charge in [0.05, 0.1) is 17.0 Å². The maximum atomic E-state index is 13.5. The molecular formula is C28H33N3O4S2. The van der Waals surface area contributed by atoms with Gasteiger partial charge in [0.15, 0.2) is 0 Å². The number of hydrogen-bond acceptors (Lipinski definition) is 6. The van der Waals surface area contributed by atoms with E-state index in [4.69, 9.17) is 0 Å². The van der Waals surface area contributed by atoms with Crippen LogP contribution in [0.2, 0.25) is 0 Å². The van der Waals surface area contributed by atoms with Crippen molar-refractivity contribution in [2.45, 2.75) is 35.8 Å². The number of aliphatic hydroxyl groups is 1. The zero-order valence-corrected chi connectivity index (χ0v) is 22.4. The largest absolute Gasteiger partial charge is 0.392 e. The second-order valence-corrected chi connectivity index (χ2v) is 12.1. The predicted molar refractivity (Wildman–Crippen MR) is 149 cm³/mol. The molecule has 3 atom stereocenters. The standard InChI is InChI=1S/C28H33N3O4S2/c1-21(32)20-29-17-16-26(24-10-6-3-7-11-24)30-27(33)28-31(18-19-36-28)37(34,35)25-14-12-23(13-15-25)22-8-4-2-5-9-22/h2-15,21,26,28-29,32H,16-20H2,1H3,(H,30,33)/t21-,26?,28?/m0/s1. The highest BCUT2D eigenvalue weighted by atomic mass is 32.2. The molecule has 0 radical (unpaired) electrons. The lowest BCUT2D eigenvalue weighted by molar-refractivity contribution is -0.122. The molecule has 3 aromatic carbocycles. The number of rotatable bonds is 11. The Morgan fingerprint density at radius 3 is 2.27 bits per heavy atom. The third-order valence-corrected chi connectivity index (χ3v) is 9.42. The van der Waals surface area contributed by atoms with Crippen molar-refractivity contribution in [1.29, 1.82) is 0 Å². The Morgan fingerprint density at radius 1 is 1.00 bits per heavy atom. The maximum Gasteiger partial charge on any atom is 0.249 e. The Balaban J connectivity index is 1.48. The van der Waals surface area contributed by atoms with E-state index in [9.17, 15) is 18.3 Å². The topological polar surface area (TPSA) is 98.7 Å². The zero-order valence-electron chi connectivity index (χ0n) is 20.8. The quantitative estimate of drug-likeness (QED) is 0.322. The summed E-state index contributed by atoms with van der Waals surface area (Å²) < 4.78 is 28.4. The van der Waals surface area contributed by atoms with Crippen molar-refractivity contribution in [2.75, 3.05) is 25.4 Å². The van der Waals surface area contributed by atoms with Crippen LogP contribution in [0.1, 0.15) is 24.9 Å². The smallest absolute Gasteiger partial charge is 0.249 e. The molecule has 3 aromatic rings. The van der Waals surface area contributed by atoms with Crippen LogP contribution in [0, 0.1) is 0 Å². The molecule has 2 unspecified atom stereocenters. The molecule has 37 heavy (non-hydrogen) atoms. The molecule has 4 rings (SSSR count). The van der Waals surface area contributed by atoms with Crippen LogP contribution in [0.4, 0.5) is 0 Å². The molecule has 1 aliphatic rings. The second-order valence-electron chi connectivity index (χ2n) is 9.04. The van der Waals surface area contributed by atoms with E-state index >= 15 is 0 Å². The minimum atomic E-state index is -3.85. The fraction of sp³-hybridized carbons (Fsp3) is 0.321. The summed E-state index contributed by atoms with van der Waals surface area (Å²) in [6.07, 6.45) is 0.147. The van der Waals surface area contributed by atoms with Gasteiger partial charge in [0, 0.05) is 18.8 Å². The van der Waals surface area contributed by atoms with E-state index in [0.717, 1.165) is 16.7 Å². The Hall–Kier alpha value is -2.69. The first-order chi connectivity index (χ1) is 17.9. The number of carbonyl (C=O) groups excluding carboxylic acids is 1. The van der Waals surface area contributed by atoms with E-state index in [1.807, 2.05) is 60.7 Å². The maximum absolute atomic E-state index is 13.5. The van der Waals surface area contributed by atoms with Crippen molar-refractivity contribution >= 4 is 27.7 Å². The molecule has 1 fully saturated rings. The van der Waals surface area contributed by atoms with Crippen molar-refractivity contribution in [3.8, 4) is 11.1 Å². The van der Waals surface area contributed by atoms with Crippen LogP contribution in [0.15, 0.2) is 89.8 Å². The average Bonchev–Trinajstić information content (AvgIpc) is 3.43. The van der Waals surface area contributed by atoms with Crippen LogP contribution in [0.3, 0.4) is 0 Å². The Kier molecular flexibility index (Phi) is 9.39. The van der Waals surface area contributed by atoms with Gasteiger partial charge < -0.3 is 15.7 Å². The normalized spacial score (nSPS) is 17.8. The molecule has 1 amide bonds. The summed E-state index contributed by atoms with van der Waals surface area (Å²) in [5.74, 6) is 0.224. The van der Waals surface area contributed by atoms with E-state index in [-0.39, 0.29) is 23.4 Å². The van der Waals surface area contributed by atoms with E-state index < -0.39 is 21.5 Å². The van der Waals surface area contributed by atoms with Gasteiger partial charge in [-0.1, -0.05) is 72.8 Å². The number of nitrogens with zero attached hydrogens (tertiary/aromatic N) is 1. The fourth-order valence-electron chi connectivity index (χ4n) is 4.30. The van der Waals surface area contributed by atoms with Gasteiger partial charge >= 0.3 is 0 Å². The lowest BCUT2D eigenvalue weighted by Gasteiger charge is -2.26. The average molecular weight is 540 g/mol. The van der Waals surface area contributed by atoms with Gasteiger partial charge in [0.25, 0.3) is 0 Å². The molecule has 0 aliphatic carbocycles. The van der Waals surface area contributed by atoms with Crippen LogP contribution in [0.25, 0.3) is 11.1 Å². The van der Waals surface area contributed by atoms with E-state index in [1.165, 1.54) is 16.1 Å². The Bertz CT molecular complexity index is 1250. The highest BCUT2D eigenvalue weighted by Crippen LogP contribution is 2.32. The Labute approximate surface area is 223 Å².